The van der Waals surface area contributed by atoms with E-state index in [0.717, 1.165) is 57.1 Å². The van der Waals surface area contributed by atoms with E-state index < -0.39 is 0 Å². The lowest BCUT2D eigenvalue weighted by atomic mass is 10.1. The number of nitrogens with two attached hydrogens (primary N) is 1. The Morgan fingerprint density at radius 1 is 1.40 bits per heavy atom. The minimum atomic E-state index is 0.0734. The number of thiazole rings is 1. The molecule has 0 saturated carbocycles. The number of carbonyl (C=O) groups excluding carboxylic acids is 1. The molecule has 1 fully saturated rings. The van der Waals surface area contributed by atoms with Gasteiger partial charge in [-0.2, -0.15) is 0 Å². The van der Waals surface area contributed by atoms with E-state index in [4.69, 9.17) is 22.1 Å². The number of rotatable bonds is 6. The van der Waals surface area contributed by atoms with Crippen LogP contribution in [0.4, 0.5) is 0 Å². The summed E-state index contributed by atoms with van der Waals surface area (Å²) in [6, 6.07) is 3.80. The van der Waals surface area contributed by atoms with Crippen LogP contribution in [0.5, 0.6) is 0 Å². The van der Waals surface area contributed by atoms with E-state index in [-0.39, 0.29) is 12.0 Å². The van der Waals surface area contributed by atoms with Crippen LogP contribution in [-0.4, -0.2) is 48.1 Å². The number of amides is 1. The molecular formula is C17H22ClN3O2S2. The Morgan fingerprint density at radius 2 is 2.16 bits per heavy atom. The lowest BCUT2D eigenvalue weighted by Crippen LogP contribution is -2.41. The predicted molar refractivity (Wildman–Crippen MR) is 104 cm³/mol. The van der Waals surface area contributed by atoms with Gasteiger partial charge >= 0.3 is 0 Å². The molecule has 0 spiro atoms. The van der Waals surface area contributed by atoms with Gasteiger partial charge in [-0.05, 0) is 44.9 Å². The van der Waals surface area contributed by atoms with E-state index in [9.17, 15) is 4.79 Å². The quantitative estimate of drug-likeness (QED) is 0.750. The van der Waals surface area contributed by atoms with Crippen LogP contribution in [0, 0.1) is 6.92 Å². The van der Waals surface area contributed by atoms with E-state index in [1.807, 2.05) is 24.0 Å². The van der Waals surface area contributed by atoms with Crippen molar-refractivity contribution in [2.24, 2.45) is 5.73 Å². The van der Waals surface area contributed by atoms with E-state index in [2.05, 4.69) is 4.98 Å². The van der Waals surface area contributed by atoms with Crippen LogP contribution in [0.15, 0.2) is 12.1 Å². The summed E-state index contributed by atoms with van der Waals surface area (Å²) >= 11 is 8.93. The predicted octanol–water partition coefficient (Wildman–Crippen LogP) is 3.80. The highest BCUT2D eigenvalue weighted by Gasteiger charge is 2.27. The van der Waals surface area contributed by atoms with Crippen LogP contribution in [0.25, 0.3) is 9.88 Å². The molecule has 1 aliphatic rings. The van der Waals surface area contributed by atoms with Crippen molar-refractivity contribution in [3.8, 4) is 9.88 Å². The fraction of sp³-hybridized carbons (Fsp3) is 0.529. The van der Waals surface area contributed by atoms with E-state index in [0.29, 0.717) is 13.2 Å². The first-order valence-electron chi connectivity index (χ1n) is 8.42. The molecule has 0 bridgehead atoms. The Labute approximate surface area is 160 Å². The molecule has 1 aliphatic heterocycles. The molecule has 5 nitrogen and oxygen atoms in total. The Balaban J connectivity index is 1.61. The monoisotopic (exact) mass is 399 g/mol. The van der Waals surface area contributed by atoms with E-state index >= 15 is 0 Å². The average Bonchev–Trinajstić information content (AvgIpc) is 3.21. The third-order valence-electron chi connectivity index (χ3n) is 4.21. The summed E-state index contributed by atoms with van der Waals surface area (Å²) in [5.74, 6) is 0.0734. The molecule has 0 unspecified atom stereocenters. The number of carbonyl (C=O) groups is 1. The standard InChI is InChI=1S/C17H22ClN3O2S2/c1-11-15(25-16(20-11)13-3-4-14(18)24-13)17(22)21-8-5-12(6-9-21)23-10-2-7-19/h3-4,12H,2,5-10,19H2,1H3. The van der Waals surface area contributed by atoms with Gasteiger partial charge in [-0.1, -0.05) is 11.6 Å². The topological polar surface area (TPSA) is 68.5 Å². The zero-order chi connectivity index (χ0) is 17.8. The number of nitrogens with zero attached hydrogens (tertiary/aromatic N) is 2. The maximum absolute atomic E-state index is 12.9. The summed E-state index contributed by atoms with van der Waals surface area (Å²) in [6.45, 7) is 4.70. The lowest BCUT2D eigenvalue weighted by molar-refractivity contribution is 0.00855. The first-order chi connectivity index (χ1) is 12.1. The number of thiophene rings is 1. The molecule has 0 aliphatic carbocycles. The molecule has 25 heavy (non-hydrogen) atoms. The number of piperidine rings is 1. The zero-order valence-electron chi connectivity index (χ0n) is 14.2. The van der Waals surface area contributed by atoms with Crippen LogP contribution in [-0.2, 0) is 4.74 Å². The van der Waals surface area contributed by atoms with Crippen molar-refractivity contribution in [3.05, 3.63) is 27.0 Å². The number of aryl methyl sites for hydroxylation is 1. The first kappa shape index (κ1) is 18.8. The summed E-state index contributed by atoms with van der Waals surface area (Å²) < 4.78 is 6.54. The minimum absolute atomic E-state index is 0.0734. The lowest BCUT2D eigenvalue weighted by Gasteiger charge is -2.31. The SMILES string of the molecule is Cc1nc(-c2ccc(Cl)s2)sc1C(=O)N1CCC(OCCCN)CC1. The van der Waals surface area contributed by atoms with Gasteiger partial charge in [0.1, 0.15) is 9.88 Å². The molecule has 1 saturated heterocycles. The second-order valence-corrected chi connectivity index (χ2v) is 8.76. The molecule has 0 aromatic carbocycles. The van der Waals surface area contributed by atoms with Gasteiger partial charge in [-0.15, -0.1) is 22.7 Å². The number of likely N-dealkylation sites (tertiary alicyclic amines) is 1. The second-order valence-electron chi connectivity index (χ2n) is 6.04. The average molecular weight is 400 g/mol. The van der Waals surface area contributed by atoms with Gasteiger partial charge in [0.25, 0.3) is 5.91 Å². The van der Waals surface area contributed by atoms with Crippen molar-refractivity contribution < 1.29 is 9.53 Å². The largest absolute Gasteiger partial charge is 0.378 e. The van der Waals surface area contributed by atoms with Crippen LogP contribution >= 0.6 is 34.3 Å². The molecule has 2 aromatic heterocycles. The highest BCUT2D eigenvalue weighted by molar-refractivity contribution is 7.24. The molecule has 3 heterocycles. The van der Waals surface area contributed by atoms with Gasteiger partial charge in [0, 0.05) is 19.7 Å². The van der Waals surface area contributed by atoms with E-state index in [1.54, 1.807) is 0 Å². The Hall–Kier alpha value is -0.990. The smallest absolute Gasteiger partial charge is 0.265 e. The van der Waals surface area contributed by atoms with Crippen LogP contribution in [0.2, 0.25) is 4.34 Å². The molecule has 2 N–H and O–H groups in total. The fourth-order valence-electron chi connectivity index (χ4n) is 2.83. The maximum atomic E-state index is 12.9. The van der Waals surface area contributed by atoms with Crippen LogP contribution in [0.1, 0.15) is 34.6 Å². The highest BCUT2D eigenvalue weighted by Crippen LogP contribution is 2.35. The van der Waals surface area contributed by atoms with Gasteiger partial charge in [-0.3, -0.25) is 4.79 Å². The minimum Gasteiger partial charge on any atom is -0.378 e. The van der Waals surface area contributed by atoms with Crippen molar-refractivity contribution in [3.63, 3.8) is 0 Å². The van der Waals surface area contributed by atoms with Crippen molar-refractivity contribution in [2.75, 3.05) is 26.2 Å². The van der Waals surface area contributed by atoms with Crippen LogP contribution in [0.3, 0.4) is 0 Å². The number of aromatic nitrogens is 1. The molecule has 0 radical (unpaired) electrons. The normalized spacial score (nSPS) is 15.7. The van der Waals surface area contributed by atoms with Crippen molar-refractivity contribution in [1.82, 2.24) is 9.88 Å². The summed E-state index contributed by atoms with van der Waals surface area (Å²) in [4.78, 5) is 21.1. The van der Waals surface area contributed by atoms with Crippen molar-refractivity contribution in [2.45, 2.75) is 32.3 Å². The Morgan fingerprint density at radius 3 is 2.80 bits per heavy atom. The van der Waals surface area contributed by atoms with Crippen molar-refractivity contribution in [1.29, 1.82) is 0 Å². The molecule has 1 amide bonds. The first-order valence-corrected chi connectivity index (χ1v) is 10.4. The third kappa shape index (κ3) is 4.60. The van der Waals surface area contributed by atoms with Gasteiger partial charge in [0.15, 0.2) is 0 Å². The molecule has 8 heteroatoms. The summed E-state index contributed by atoms with van der Waals surface area (Å²) in [5.41, 5.74) is 6.27. The zero-order valence-corrected chi connectivity index (χ0v) is 16.6. The number of hydrogen-bond donors (Lipinski definition) is 1. The fourth-order valence-corrected chi connectivity index (χ4v) is 4.96. The molecule has 2 aromatic rings. The summed E-state index contributed by atoms with van der Waals surface area (Å²) in [6.07, 6.45) is 2.87. The molecule has 3 rings (SSSR count). The number of hydrogen-bond acceptors (Lipinski definition) is 6. The highest BCUT2D eigenvalue weighted by atomic mass is 35.5. The Kier molecular flexibility index (Phi) is 6.46. The molecule has 0 atom stereocenters. The summed E-state index contributed by atoms with van der Waals surface area (Å²) in [7, 11) is 0. The van der Waals surface area contributed by atoms with Gasteiger partial charge < -0.3 is 15.4 Å². The van der Waals surface area contributed by atoms with E-state index in [1.165, 1.54) is 22.7 Å². The number of ether oxygens (including phenoxy) is 1. The van der Waals surface area contributed by atoms with Crippen molar-refractivity contribution >= 4 is 40.2 Å². The second kappa shape index (κ2) is 8.60. The molecular weight excluding hydrogens is 378 g/mol. The third-order valence-corrected chi connectivity index (χ3v) is 6.75. The summed E-state index contributed by atoms with van der Waals surface area (Å²) in [5, 5.41) is 0.859. The van der Waals surface area contributed by atoms with Gasteiger partial charge in [-0.25, -0.2) is 4.98 Å². The molecule has 136 valence electrons. The van der Waals surface area contributed by atoms with Gasteiger partial charge in [0.2, 0.25) is 0 Å². The Bertz CT molecular complexity index is 723. The van der Waals surface area contributed by atoms with Crippen LogP contribution < -0.4 is 5.73 Å². The van der Waals surface area contributed by atoms with Gasteiger partial charge in [0.05, 0.1) is 21.0 Å². The maximum Gasteiger partial charge on any atom is 0.265 e. The number of halogens is 1.